The summed E-state index contributed by atoms with van der Waals surface area (Å²) in [5, 5.41) is 22.6. The van der Waals surface area contributed by atoms with Gasteiger partial charge in [0.15, 0.2) is 0 Å². The van der Waals surface area contributed by atoms with Gasteiger partial charge in [-0.2, -0.15) is 0 Å². The molecule has 4 fully saturated rings. The Morgan fingerprint density at radius 1 is 0.781 bits per heavy atom. The minimum Gasteiger partial charge on any atom is -0.393 e. The third kappa shape index (κ3) is 2.61. The summed E-state index contributed by atoms with van der Waals surface area (Å²) in [4.78, 5) is 0. The van der Waals surface area contributed by atoms with Crippen LogP contribution in [0.25, 0.3) is 0 Å². The molecule has 0 bridgehead atoms. The van der Waals surface area contributed by atoms with E-state index < -0.39 is 0 Å². The van der Waals surface area contributed by atoms with Crippen molar-refractivity contribution in [3.8, 4) is 0 Å². The van der Waals surface area contributed by atoms with Crippen molar-refractivity contribution in [2.45, 2.75) is 119 Å². The van der Waals surface area contributed by atoms with Crippen molar-refractivity contribution in [1.29, 1.82) is 0 Å². The zero-order valence-electron chi connectivity index (χ0n) is 22.2. The van der Waals surface area contributed by atoms with Crippen molar-refractivity contribution in [2.75, 3.05) is 0 Å². The van der Waals surface area contributed by atoms with Crippen LogP contribution in [0.1, 0.15) is 107 Å². The average Bonchev–Trinajstić information content (AvgIpc) is 2.70. The van der Waals surface area contributed by atoms with Gasteiger partial charge in [0.05, 0.1) is 12.2 Å². The Hall–Kier alpha value is -0.340. The van der Waals surface area contributed by atoms with Gasteiger partial charge in [0.2, 0.25) is 0 Å². The molecule has 0 aromatic rings. The molecule has 0 unspecified atom stereocenters. The van der Waals surface area contributed by atoms with Gasteiger partial charge in [-0.05, 0) is 110 Å². The average molecular weight is 443 g/mol. The van der Waals surface area contributed by atoms with E-state index >= 15 is 0 Å². The molecule has 2 N–H and O–H groups in total. The van der Waals surface area contributed by atoms with Crippen molar-refractivity contribution >= 4 is 0 Å². The van der Waals surface area contributed by atoms with Crippen LogP contribution in [-0.4, -0.2) is 22.4 Å². The first-order valence-corrected chi connectivity index (χ1v) is 13.8. The Morgan fingerprint density at radius 3 is 2.16 bits per heavy atom. The number of rotatable bonds is 0. The van der Waals surface area contributed by atoms with Crippen LogP contribution < -0.4 is 0 Å². The normalized spacial score (nSPS) is 59.2. The van der Waals surface area contributed by atoms with E-state index in [9.17, 15) is 10.2 Å². The van der Waals surface area contributed by atoms with Gasteiger partial charge in [-0.15, -0.1) is 0 Å². The minimum atomic E-state index is -0.203. The number of allylic oxidation sites excluding steroid dienone is 2. The van der Waals surface area contributed by atoms with Crippen LogP contribution in [0.5, 0.6) is 0 Å². The van der Waals surface area contributed by atoms with E-state index in [2.05, 4.69) is 61.5 Å². The SMILES string of the molecule is CC1=CC[C@@]2(C)[C@@H]([C@@H]1C)[C@H]1CC[C@@H]3[C@@]4(C)CC[C@H](O)C(C)(C)[C@@H]4CC[C@@]3(C)[C@]1(C)C[C@@H]2O. The third-order valence-electron chi connectivity index (χ3n) is 13.6. The summed E-state index contributed by atoms with van der Waals surface area (Å²) in [6.07, 6.45) is 11.4. The topological polar surface area (TPSA) is 40.5 Å². The molecule has 0 radical (unpaired) electrons. The largest absolute Gasteiger partial charge is 0.393 e. The van der Waals surface area contributed by atoms with Gasteiger partial charge in [-0.1, -0.05) is 60.1 Å². The van der Waals surface area contributed by atoms with Gasteiger partial charge in [-0.3, -0.25) is 0 Å². The number of hydrogen-bond donors (Lipinski definition) is 2. The molecule has 0 amide bonds. The number of aliphatic hydroxyl groups excluding tert-OH is 2. The Bertz CT molecular complexity index is 814. The zero-order chi connectivity index (χ0) is 23.5. The molecule has 0 aliphatic heterocycles. The highest BCUT2D eigenvalue weighted by Gasteiger charge is 2.70. The van der Waals surface area contributed by atoms with Crippen LogP contribution in [-0.2, 0) is 0 Å². The van der Waals surface area contributed by atoms with Gasteiger partial charge in [-0.25, -0.2) is 0 Å². The Balaban J connectivity index is 1.57. The van der Waals surface area contributed by atoms with Gasteiger partial charge in [0.1, 0.15) is 0 Å². The summed E-state index contributed by atoms with van der Waals surface area (Å²) < 4.78 is 0. The van der Waals surface area contributed by atoms with E-state index in [1.807, 2.05) is 0 Å². The fourth-order valence-electron chi connectivity index (χ4n) is 11.3. The molecule has 0 spiro atoms. The first-order chi connectivity index (χ1) is 14.7. The van der Waals surface area contributed by atoms with Crippen LogP contribution >= 0.6 is 0 Å². The molecular weight excluding hydrogens is 392 g/mol. The van der Waals surface area contributed by atoms with E-state index in [-0.39, 0.29) is 33.9 Å². The van der Waals surface area contributed by atoms with Crippen molar-refractivity contribution in [1.82, 2.24) is 0 Å². The van der Waals surface area contributed by atoms with E-state index in [4.69, 9.17) is 0 Å². The number of fused-ring (bicyclic) bond motifs is 7. The first kappa shape index (κ1) is 23.4. The summed E-state index contributed by atoms with van der Waals surface area (Å²) in [5.74, 6) is 3.18. The Morgan fingerprint density at radius 2 is 1.47 bits per heavy atom. The van der Waals surface area contributed by atoms with Gasteiger partial charge >= 0.3 is 0 Å². The lowest BCUT2D eigenvalue weighted by molar-refractivity contribution is -0.267. The monoisotopic (exact) mass is 442 g/mol. The van der Waals surface area contributed by atoms with Crippen LogP contribution in [0.4, 0.5) is 0 Å². The molecule has 32 heavy (non-hydrogen) atoms. The van der Waals surface area contributed by atoms with Crippen molar-refractivity contribution in [3.63, 3.8) is 0 Å². The number of hydrogen-bond acceptors (Lipinski definition) is 2. The summed E-state index contributed by atoms with van der Waals surface area (Å²) in [6, 6.07) is 0. The summed E-state index contributed by atoms with van der Waals surface area (Å²) in [5.41, 5.74) is 2.37. The minimum absolute atomic E-state index is 0.0104. The standard InChI is InChI=1S/C30H50O2/c1-18-11-14-28(6)24(32)17-30(8)20(25(28)19(18)2)9-10-22-27(5)15-13-23(31)26(3,4)21(27)12-16-29(22,30)7/h11,19-25,31-32H,9-10,12-17H2,1-8H3/t19-,20-,21+,22-,23+,24+,25+,27+,28-,29-,30-/m1/s1. The predicted octanol–water partition coefficient (Wildman–Crippen LogP) is 7.00. The summed E-state index contributed by atoms with van der Waals surface area (Å²) in [6.45, 7) is 19.7. The maximum atomic E-state index is 11.7. The quantitative estimate of drug-likeness (QED) is 0.397. The fourth-order valence-corrected chi connectivity index (χ4v) is 11.3. The van der Waals surface area contributed by atoms with Crippen molar-refractivity contribution < 1.29 is 10.2 Å². The lowest BCUT2D eigenvalue weighted by atomic mass is 9.31. The van der Waals surface area contributed by atoms with Crippen LogP contribution in [0, 0.1) is 56.7 Å². The third-order valence-corrected chi connectivity index (χ3v) is 13.6. The highest BCUT2D eigenvalue weighted by Crippen LogP contribution is 2.76. The van der Waals surface area contributed by atoms with Gasteiger partial charge in [0, 0.05) is 5.41 Å². The molecule has 0 aromatic heterocycles. The van der Waals surface area contributed by atoms with Crippen molar-refractivity contribution in [3.05, 3.63) is 11.6 Å². The van der Waals surface area contributed by atoms with E-state index in [0.29, 0.717) is 35.0 Å². The summed E-state index contributed by atoms with van der Waals surface area (Å²) >= 11 is 0. The lowest BCUT2D eigenvalue weighted by Crippen LogP contribution is -2.69. The molecule has 2 heteroatoms. The molecule has 4 saturated carbocycles. The molecule has 0 heterocycles. The highest BCUT2D eigenvalue weighted by atomic mass is 16.3. The second kappa shape index (κ2) is 6.87. The Kier molecular flexibility index (Phi) is 5.02. The molecule has 11 atom stereocenters. The molecule has 2 nitrogen and oxygen atoms in total. The zero-order valence-corrected chi connectivity index (χ0v) is 22.2. The van der Waals surface area contributed by atoms with Gasteiger partial charge < -0.3 is 10.2 Å². The fraction of sp³-hybridized carbons (Fsp3) is 0.933. The first-order valence-electron chi connectivity index (χ1n) is 13.8. The van der Waals surface area contributed by atoms with Crippen LogP contribution in [0.2, 0.25) is 0 Å². The van der Waals surface area contributed by atoms with Gasteiger partial charge in [0.25, 0.3) is 0 Å². The second-order valence-corrected chi connectivity index (χ2v) is 14.7. The molecule has 5 rings (SSSR count). The molecular formula is C30H50O2. The van der Waals surface area contributed by atoms with E-state index in [0.717, 1.165) is 19.3 Å². The van der Waals surface area contributed by atoms with Crippen LogP contribution in [0.15, 0.2) is 11.6 Å². The smallest absolute Gasteiger partial charge is 0.0605 e. The number of aliphatic hydroxyl groups is 2. The molecule has 182 valence electrons. The lowest BCUT2D eigenvalue weighted by Gasteiger charge is -2.74. The predicted molar refractivity (Wildman–Crippen MR) is 132 cm³/mol. The summed E-state index contributed by atoms with van der Waals surface area (Å²) in [7, 11) is 0. The Labute approximate surface area is 197 Å². The molecule has 5 aliphatic carbocycles. The second-order valence-electron chi connectivity index (χ2n) is 14.7. The highest BCUT2D eigenvalue weighted by molar-refractivity contribution is 5.24. The molecule has 0 saturated heterocycles. The maximum absolute atomic E-state index is 11.7. The maximum Gasteiger partial charge on any atom is 0.0605 e. The van der Waals surface area contributed by atoms with E-state index in [1.165, 1.54) is 32.1 Å². The van der Waals surface area contributed by atoms with Crippen molar-refractivity contribution in [2.24, 2.45) is 56.7 Å². The molecule has 5 aliphatic rings. The molecule has 0 aromatic carbocycles. The van der Waals surface area contributed by atoms with E-state index in [1.54, 1.807) is 5.57 Å². The van der Waals surface area contributed by atoms with Crippen LogP contribution in [0.3, 0.4) is 0 Å².